The number of carbonyl (C=O) groups excluding carboxylic acids is 1. The third-order valence-corrected chi connectivity index (χ3v) is 2.50. The smallest absolute Gasteiger partial charge is 0.306 e. The molecule has 15 heavy (non-hydrogen) atoms. The highest BCUT2D eigenvalue weighted by atomic mass is 16.5. The minimum absolute atomic E-state index is 0.117. The summed E-state index contributed by atoms with van der Waals surface area (Å²) in [4.78, 5) is 11.3. The van der Waals surface area contributed by atoms with Gasteiger partial charge in [0.1, 0.15) is 0 Å². The van der Waals surface area contributed by atoms with E-state index >= 15 is 0 Å². The van der Waals surface area contributed by atoms with Crippen molar-refractivity contribution in [3.8, 4) is 0 Å². The Labute approximate surface area is 91.3 Å². The molecule has 2 nitrogen and oxygen atoms in total. The predicted octanol–water partition coefficient (Wildman–Crippen LogP) is 3.05. The van der Waals surface area contributed by atoms with Crippen LogP contribution in [0, 0.1) is 6.92 Å². The summed E-state index contributed by atoms with van der Waals surface area (Å²) in [5, 5.41) is 0. The van der Waals surface area contributed by atoms with Gasteiger partial charge in [0.05, 0.1) is 13.0 Å². The number of hydrogen-bond acceptors (Lipinski definition) is 2. The fourth-order valence-electron chi connectivity index (χ4n) is 1.72. The maximum Gasteiger partial charge on any atom is 0.306 e. The van der Waals surface area contributed by atoms with Gasteiger partial charge < -0.3 is 4.74 Å². The summed E-state index contributed by atoms with van der Waals surface area (Å²) in [7, 11) is 0. The number of benzene rings is 1. The molecule has 0 bridgehead atoms. The van der Waals surface area contributed by atoms with Crippen LogP contribution < -0.4 is 0 Å². The summed E-state index contributed by atoms with van der Waals surface area (Å²) in [5.74, 6) is 0.110. The second kappa shape index (κ2) is 5.54. The summed E-state index contributed by atoms with van der Waals surface area (Å²) in [6.45, 7) is 6.41. The van der Waals surface area contributed by atoms with E-state index in [1.54, 1.807) is 0 Å². The van der Waals surface area contributed by atoms with E-state index in [1.165, 1.54) is 11.1 Å². The first-order valence-corrected chi connectivity index (χ1v) is 5.36. The van der Waals surface area contributed by atoms with E-state index in [9.17, 15) is 4.79 Å². The summed E-state index contributed by atoms with van der Waals surface area (Å²) in [6, 6.07) is 8.15. The number of rotatable bonds is 4. The minimum atomic E-state index is -0.117. The molecule has 1 atom stereocenters. The van der Waals surface area contributed by atoms with Crippen molar-refractivity contribution >= 4 is 5.97 Å². The van der Waals surface area contributed by atoms with E-state index in [0.29, 0.717) is 13.0 Å². The van der Waals surface area contributed by atoms with Crippen LogP contribution in [0.15, 0.2) is 24.3 Å². The van der Waals surface area contributed by atoms with Gasteiger partial charge in [-0.25, -0.2) is 0 Å². The Morgan fingerprint density at radius 3 is 2.67 bits per heavy atom. The number of hydrogen-bond donors (Lipinski definition) is 0. The molecule has 0 saturated heterocycles. The van der Waals surface area contributed by atoms with Crippen LogP contribution in [0.2, 0.25) is 0 Å². The fourth-order valence-corrected chi connectivity index (χ4v) is 1.72. The molecular formula is C13H18O2. The molecule has 0 N–H and O–H groups in total. The topological polar surface area (TPSA) is 26.3 Å². The third-order valence-electron chi connectivity index (χ3n) is 2.50. The molecule has 0 fully saturated rings. The minimum Gasteiger partial charge on any atom is -0.466 e. The van der Waals surface area contributed by atoms with Crippen LogP contribution in [-0.2, 0) is 9.53 Å². The van der Waals surface area contributed by atoms with E-state index in [1.807, 2.05) is 19.1 Å². The van der Waals surface area contributed by atoms with Crippen LogP contribution in [0.1, 0.15) is 37.3 Å². The van der Waals surface area contributed by atoms with Crippen LogP contribution >= 0.6 is 0 Å². The zero-order valence-electron chi connectivity index (χ0n) is 9.62. The van der Waals surface area contributed by atoms with Crippen molar-refractivity contribution in [2.24, 2.45) is 0 Å². The Morgan fingerprint density at radius 2 is 2.07 bits per heavy atom. The molecule has 0 saturated carbocycles. The maximum atomic E-state index is 11.3. The monoisotopic (exact) mass is 206 g/mol. The van der Waals surface area contributed by atoms with Gasteiger partial charge in [0.2, 0.25) is 0 Å². The van der Waals surface area contributed by atoms with Gasteiger partial charge in [0.25, 0.3) is 0 Å². The van der Waals surface area contributed by atoms with Crippen molar-refractivity contribution in [1.29, 1.82) is 0 Å². The highest BCUT2D eigenvalue weighted by Crippen LogP contribution is 2.22. The van der Waals surface area contributed by atoms with Crippen molar-refractivity contribution < 1.29 is 9.53 Å². The van der Waals surface area contributed by atoms with Crippen molar-refractivity contribution in [2.45, 2.75) is 33.1 Å². The van der Waals surface area contributed by atoms with Gasteiger partial charge in [0, 0.05) is 0 Å². The number of aryl methyl sites for hydroxylation is 1. The highest BCUT2D eigenvalue weighted by molar-refractivity contribution is 5.70. The lowest BCUT2D eigenvalue weighted by Gasteiger charge is -2.13. The summed E-state index contributed by atoms with van der Waals surface area (Å²) in [5.41, 5.74) is 2.46. The summed E-state index contributed by atoms with van der Waals surface area (Å²) >= 11 is 0. The molecule has 0 aliphatic carbocycles. The van der Waals surface area contributed by atoms with Crippen molar-refractivity contribution in [2.75, 3.05) is 6.61 Å². The van der Waals surface area contributed by atoms with Crippen molar-refractivity contribution in [1.82, 2.24) is 0 Å². The zero-order valence-corrected chi connectivity index (χ0v) is 9.62. The third kappa shape index (κ3) is 3.39. The number of ether oxygens (including phenoxy) is 1. The second-order valence-corrected chi connectivity index (χ2v) is 3.77. The van der Waals surface area contributed by atoms with Gasteiger partial charge in [-0.15, -0.1) is 0 Å². The van der Waals surface area contributed by atoms with Crippen LogP contribution in [0.4, 0.5) is 0 Å². The molecule has 0 spiro atoms. The lowest BCUT2D eigenvalue weighted by Crippen LogP contribution is -2.09. The Morgan fingerprint density at radius 1 is 1.40 bits per heavy atom. The normalized spacial score (nSPS) is 12.2. The predicted molar refractivity (Wildman–Crippen MR) is 60.8 cm³/mol. The van der Waals surface area contributed by atoms with E-state index in [2.05, 4.69) is 26.0 Å². The maximum absolute atomic E-state index is 11.3. The molecule has 0 aromatic heterocycles. The first-order valence-electron chi connectivity index (χ1n) is 5.36. The summed E-state index contributed by atoms with van der Waals surface area (Å²) in [6.07, 6.45) is 0.457. The molecule has 0 heterocycles. The SMILES string of the molecule is CCOC(=O)CC(C)c1ccccc1C. The highest BCUT2D eigenvalue weighted by Gasteiger charge is 2.13. The Hall–Kier alpha value is -1.31. The number of esters is 1. The molecule has 0 aliphatic rings. The Bertz CT molecular complexity index is 331. The lowest BCUT2D eigenvalue weighted by atomic mass is 9.94. The van der Waals surface area contributed by atoms with E-state index < -0.39 is 0 Å². The average molecular weight is 206 g/mol. The van der Waals surface area contributed by atoms with Gasteiger partial charge in [-0.05, 0) is 30.9 Å². The van der Waals surface area contributed by atoms with Gasteiger partial charge in [0.15, 0.2) is 0 Å². The first kappa shape index (κ1) is 11.8. The molecule has 1 rings (SSSR count). The average Bonchev–Trinajstić information content (AvgIpc) is 2.18. The van der Waals surface area contributed by atoms with Gasteiger partial charge in [-0.3, -0.25) is 4.79 Å². The molecule has 0 amide bonds. The van der Waals surface area contributed by atoms with Crippen LogP contribution in [0.25, 0.3) is 0 Å². The van der Waals surface area contributed by atoms with Gasteiger partial charge >= 0.3 is 5.97 Å². The second-order valence-electron chi connectivity index (χ2n) is 3.77. The quantitative estimate of drug-likeness (QED) is 0.708. The molecule has 2 heteroatoms. The van der Waals surface area contributed by atoms with Gasteiger partial charge in [-0.2, -0.15) is 0 Å². The van der Waals surface area contributed by atoms with E-state index in [-0.39, 0.29) is 11.9 Å². The molecule has 0 aliphatic heterocycles. The standard InChI is InChI=1S/C13H18O2/c1-4-15-13(14)9-11(3)12-8-6-5-7-10(12)2/h5-8,11H,4,9H2,1-3H3. The molecule has 1 aromatic rings. The largest absolute Gasteiger partial charge is 0.466 e. The Kier molecular flexibility index (Phi) is 4.35. The van der Waals surface area contributed by atoms with Crippen LogP contribution in [0.5, 0.6) is 0 Å². The Balaban J connectivity index is 2.65. The van der Waals surface area contributed by atoms with Crippen molar-refractivity contribution in [3.63, 3.8) is 0 Å². The van der Waals surface area contributed by atoms with Crippen molar-refractivity contribution in [3.05, 3.63) is 35.4 Å². The molecule has 1 aromatic carbocycles. The molecule has 82 valence electrons. The molecular weight excluding hydrogens is 188 g/mol. The number of carbonyl (C=O) groups is 1. The van der Waals surface area contributed by atoms with E-state index in [4.69, 9.17) is 4.74 Å². The van der Waals surface area contributed by atoms with Crippen LogP contribution in [0.3, 0.4) is 0 Å². The zero-order chi connectivity index (χ0) is 11.3. The lowest BCUT2D eigenvalue weighted by molar-refractivity contribution is -0.143. The van der Waals surface area contributed by atoms with Gasteiger partial charge in [-0.1, -0.05) is 31.2 Å². The molecule has 0 radical (unpaired) electrons. The summed E-state index contributed by atoms with van der Waals surface area (Å²) < 4.78 is 4.93. The molecule has 1 unspecified atom stereocenters. The fraction of sp³-hybridized carbons (Fsp3) is 0.462. The van der Waals surface area contributed by atoms with E-state index in [0.717, 1.165) is 0 Å². The van der Waals surface area contributed by atoms with Crippen LogP contribution in [-0.4, -0.2) is 12.6 Å². The first-order chi connectivity index (χ1) is 7.15.